The minimum Gasteiger partial charge on any atom is -0.496 e. The number of rotatable bonds is 5. The van der Waals surface area contributed by atoms with Crippen molar-refractivity contribution in [1.29, 1.82) is 0 Å². The number of pyridine rings is 1. The highest BCUT2D eigenvalue weighted by molar-refractivity contribution is 5.79. The van der Waals surface area contributed by atoms with Crippen LogP contribution in [0.25, 0.3) is 0 Å². The van der Waals surface area contributed by atoms with Gasteiger partial charge in [-0.1, -0.05) is 0 Å². The van der Waals surface area contributed by atoms with Crippen molar-refractivity contribution in [2.24, 2.45) is 0 Å². The first-order valence-electron chi connectivity index (χ1n) is 6.43. The van der Waals surface area contributed by atoms with E-state index in [1.165, 1.54) is 12.1 Å². The third-order valence-electron chi connectivity index (χ3n) is 3.21. The van der Waals surface area contributed by atoms with E-state index in [-0.39, 0.29) is 12.2 Å². The van der Waals surface area contributed by atoms with Crippen molar-refractivity contribution in [3.8, 4) is 11.5 Å². The maximum absolute atomic E-state index is 13.1. The first-order valence-corrected chi connectivity index (χ1v) is 6.43. The first-order chi connectivity index (χ1) is 10.1. The Kier molecular flexibility index (Phi) is 4.52. The highest BCUT2D eigenvalue weighted by Gasteiger charge is 2.11. The van der Waals surface area contributed by atoms with E-state index in [1.807, 2.05) is 13.8 Å². The van der Waals surface area contributed by atoms with Crippen molar-refractivity contribution >= 4 is 6.29 Å². The molecule has 5 heteroatoms. The van der Waals surface area contributed by atoms with E-state index in [0.717, 1.165) is 22.9 Å². The van der Waals surface area contributed by atoms with Gasteiger partial charge in [-0.3, -0.25) is 9.78 Å². The van der Waals surface area contributed by atoms with Crippen LogP contribution in [0, 0.1) is 19.7 Å². The summed E-state index contributed by atoms with van der Waals surface area (Å²) in [6.07, 6.45) is 2.27. The lowest BCUT2D eigenvalue weighted by molar-refractivity contribution is 0.111. The fourth-order valence-corrected chi connectivity index (χ4v) is 2.11. The largest absolute Gasteiger partial charge is 0.496 e. The molecule has 0 saturated carbocycles. The number of benzene rings is 1. The molecule has 110 valence electrons. The molecule has 0 bridgehead atoms. The highest BCUT2D eigenvalue weighted by atomic mass is 19.1. The van der Waals surface area contributed by atoms with Gasteiger partial charge in [-0.05, 0) is 32.0 Å². The van der Waals surface area contributed by atoms with Gasteiger partial charge in [0.15, 0.2) is 6.29 Å². The summed E-state index contributed by atoms with van der Waals surface area (Å²) in [6, 6.07) is 3.82. The number of hydrogen-bond donors (Lipinski definition) is 0. The smallest absolute Gasteiger partial charge is 0.153 e. The second kappa shape index (κ2) is 6.35. The fourth-order valence-electron chi connectivity index (χ4n) is 2.11. The number of aryl methyl sites for hydroxylation is 1. The maximum Gasteiger partial charge on any atom is 0.153 e. The van der Waals surface area contributed by atoms with E-state index in [0.29, 0.717) is 17.7 Å². The predicted molar refractivity (Wildman–Crippen MR) is 76.4 cm³/mol. The molecule has 0 radical (unpaired) electrons. The number of carbonyl (C=O) groups is 1. The van der Waals surface area contributed by atoms with Gasteiger partial charge in [-0.15, -0.1) is 0 Å². The fraction of sp³-hybridized carbons (Fsp3) is 0.250. The Hall–Kier alpha value is -2.43. The van der Waals surface area contributed by atoms with E-state index in [1.54, 1.807) is 13.3 Å². The summed E-state index contributed by atoms with van der Waals surface area (Å²) in [4.78, 5) is 15.2. The normalized spacial score (nSPS) is 10.3. The van der Waals surface area contributed by atoms with Gasteiger partial charge in [0.1, 0.15) is 23.9 Å². The van der Waals surface area contributed by atoms with Crippen LogP contribution in [0.15, 0.2) is 24.4 Å². The zero-order valence-electron chi connectivity index (χ0n) is 12.1. The molecule has 0 unspecified atom stereocenters. The summed E-state index contributed by atoms with van der Waals surface area (Å²) in [5, 5.41) is 0. The van der Waals surface area contributed by atoms with Gasteiger partial charge in [-0.25, -0.2) is 4.39 Å². The molecule has 21 heavy (non-hydrogen) atoms. The van der Waals surface area contributed by atoms with Crippen LogP contribution in [0.5, 0.6) is 11.5 Å². The van der Waals surface area contributed by atoms with Crippen LogP contribution in [0.1, 0.15) is 27.2 Å². The van der Waals surface area contributed by atoms with Crippen LogP contribution >= 0.6 is 0 Å². The van der Waals surface area contributed by atoms with Crippen LogP contribution in [0.3, 0.4) is 0 Å². The van der Waals surface area contributed by atoms with Gasteiger partial charge < -0.3 is 9.47 Å². The molecule has 0 amide bonds. The Morgan fingerprint density at radius 1 is 1.33 bits per heavy atom. The quantitative estimate of drug-likeness (QED) is 0.793. The SMILES string of the molecule is COc1c(C)cnc(COc2ccc(F)cc2C=O)c1C. The van der Waals surface area contributed by atoms with Crippen LogP contribution in [0.4, 0.5) is 4.39 Å². The molecule has 0 fully saturated rings. The lowest BCUT2D eigenvalue weighted by Gasteiger charge is -2.13. The van der Waals surface area contributed by atoms with Crippen LogP contribution in [-0.4, -0.2) is 18.4 Å². The molecule has 2 rings (SSSR count). The number of aromatic nitrogens is 1. The molecule has 0 aliphatic rings. The molecule has 0 N–H and O–H groups in total. The number of aldehydes is 1. The van der Waals surface area contributed by atoms with E-state index in [9.17, 15) is 9.18 Å². The predicted octanol–water partition coefficient (Wildman–Crippen LogP) is 3.24. The molecular weight excluding hydrogens is 273 g/mol. The van der Waals surface area contributed by atoms with Crippen LogP contribution in [0.2, 0.25) is 0 Å². The van der Waals surface area contributed by atoms with Crippen molar-refractivity contribution in [2.45, 2.75) is 20.5 Å². The molecule has 1 aromatic heterocycles. The Balaban J connectivity index is 2.23. The molecule has 0 atom stereocenters. The molecule has 1 heterocycles. The zero-order chi connectivity index (χ0) is 15.4. The van der Waals surface area contributed by atoms with Crippen LogP contribution in [-0.2, 0) is 6.61 Å². The van der Waals surface area contributed by atoms with Crippen molar-refractivity contribution in [1.82, 2.24) is 4.98 Å². The van der Waals surface area contributed by atoms with Gasteiger partial charge in [0.2, 0.25) is 0 Å². The molecule has 0 saturated heterocycles. The van der Waals surface area contributed by atoms with Gasteiger partial charge in [0.05, 0.1) is 18.4 Å². The molecule has 4 nitrogen and oxygen atoms in total. The van der Waals surface area contributed by atoms with E-state index < -0.39 is 5.82 Å². The summed E-state index contributed by atoms with van der Waals surface area (Å²) in [6.45, 7) is 3.98. The lowest BCUT2D eigenvalue weighted by Crippen LogP contribution is -2.05. The average molecular weight is 289 g/mol. The van der Waals surface area contributed by atoms with Gasteiger partial charge in [0.25, 0.3) is 0 Å². The van der Waals surface area contributed by atoms with Crippen LogP contribution < -0.4 is 9.47 Å². The Morgan fingerprint density at radius 2 is 2.10 bits per heavy atom. The minimum atomic E-state index is -0.476. The Bertz CT molecular complexity index is 671. The average Bonchev–Trinajstić information content (AvgIpc) is 2.48. The summed E-state index contributed by atoms with van der Waals surface area (Å²) in [5.41, 5.74) is 2.70. The maximum atomic E-state index is 13.1. The summed E-state index contributed by atoms with van der Waals surface area (Å²) in [5.74, 6) is 0.612. The second-order valence-corrected chi connectivity index (χ2v) is 4.63. The Morgan fingerprint density at radius 3 is 2.76 bits per heavy atom. The first kappa shape index (κ1) is 15.0. The second-order valence-electron chi connectivity index (χ2n) is 4.63. The van der Waals surface area contributed by atoms with Crippen molar-refractivity contribution < 1.29 is 18.7 Å². The van der Waals surface area contributed by atoms with E-state index in [2.05, 4.69) is 4.98 Å². The monoisotopic (exact) mass is 289 g/mol. The van der Waals surface area contributed by atoms with Gasteiger partial charge in [-0.2, -0.15) is 0 Å². The molecule has 0 aliphatic carbocycles. The van der Waals surface area contributed by atoms with Crippen molar-refractivity contribution in [2.75, 3.05) is 7.11 Å². The number of nitrogens with zero attached hydrogens (tertiary/aromatic N) is 1. The number of methoxy groups -OCH3 is 1. The summed E-state index contributed by atoms with van der Waals surface area (Å²) >= 11 is 0. The van der Waals surface area contributed by atoms with Gasteiger partial charge >= 0.3 is 0 Å². The van der Waals surface area contributed by atoms with E-state index >= 15 is 0 Å². The number of ether oxygens (including phenoxy) is 2. The number of hydrogen-bond acceptors (Lipinski definition) is 4. The lowest BCUT2D eigenvalue weighted by atomic mass is 10.1. The number of halogens is 1. The minimum absolute atomic E-state index is 0.173. The third-order valence-corrected chi connectivity index (χ3v) is 3.21. The third kappa shape index (κ3) is 3.18. The molecular formula is C16H16FNO3. The van der Waals surface area contributed by atoms with Gasteiger partial charge in [0, 0.05) is 17.3 Å². The zero-order valence-corrected chi connectivity index (χ0v) is 12.1. The standard InChI is InChI=1S/C16H16FNO3/c1-10-7-18-14(11(2)16(10)20-3)9-21-15-5-4-13(17)6-12(15)8-19/h4-8H,9H2,1-3H3. The summed E-state index contributed by atoms with van der Waals surface area (Å²) < 4.78 is 24.0. The number of carbonyl (C=O) groups excluding carboxylic acids is 1. The van der Waals surface area contributed by atoms with Crippen molar-refractivity contribution in [3.63, 3.8) is 0 Å². The summed E-state index contributed by atoms with van der Waals surface area (Å²) in [7, 11) is 1.60. The molecule has 0 spiro atoms. The van der Waals surface area contributed by atoms with E-state index in [4.69, 9.17) is 9.47 Å². The highest BCUT2D eigenvalue weighted by Crippen LogP contribution is 2.25. The van der Waals surface area contributed by atoms with Crippen molar-refractivity contribution in [3.05, 3.63) is 52.6 Å². The molecule has 0 aliphatic heterocycles. The Labute approximate surface area is 122 Å². The molecule has 2 aromatic rings. The molecule has 1 aromatic carbocycles. The topological polar surface area (TPSA) is 48.4 Å².